The van der Waals surface area contributed by atoms with Crippen LogP contribution in [0.2, 0.25) is 0 Å². The van der Waals surface area contributed by atoms with E-state index in [1.807, 2.05) is 4.90 Å². The van der Waals surface area contributed by atoms with Gasteiger partial charge in [0.1, 0.15) is 0 Å². The average molecular weight is 183 g/mol. The van der Waals surface area contributed by atoms with E-state index in [0.717, 1.165) is 25.9 Å². The maximum atomic E-state index is 11.8. The van der Waals surface area contributed by atoms with E-state index < -0.39 is 0 Å². The summed E-state index contributed by atoms with van der Waals surface area (Å²) < 4.78 is 5.16. The second kappa shape index (κ2) is 3.66. The van der Waals surface area contributed by atoms with E-state index in [1.165, 1.54) is 12.8 Å². The van der Waals surface area contributed by atoms with Gasteiger partial charge in [-0.05, 0) is 25.7 Å². The van der Waals surface area contributed by atoms with Gasteiger partial charge < -0.3 is 9.64 Å². The van der Waals surface area contributed by atoms with Gasteiger partial charge in [0.25, 0.3) is 0 Å². The van der Waals surface area contributed by atoms with E-state index in [-0.39, 0.29) is 5.92 Å². The van der Waals surface area contributed by atoms with Crippen molar-refractivity contribution in [1.29, 1.82) is 0 Å². The van der Waals surface area contributed by atoms with E-state index in [1.54, 1.807) is 7.11 Å². The maximum absolute atomic E-state index is 11.8. The molecule has 0 aromatic carbocycles. The third-order valence-corrected chi connectivity index (χ3v) is 3.20. The highest BCUT2D eigenvalue weighted by atomic mass is 16.5. The number of likely N-dealkylation sites (tertiary alicyclic amines) is 1. The number of ether oxygens (including phenoxy) is 1. The molecule has 13 heavy (non-hydrogen) atoms. The molecule has 0 bridgehead atoms. The van der Waals surface area contributed by atoms with Crippen LogP contribution in [0.1, 0.15) is 25.7 Å². The number of hydrogen-bond acceptors (Lipinski definition) is 2. The van der Waals surface area contributed by atoms with Crippen LogP contribution in [0.15, 0.2) is 0 Å². The first-order chi connectivity index (χ1) is 6.31. The predicted octanol–water partition coefficient (Wildman–Crippen LogP) is 1.03. The van der Waals surface area contributed by atoms with Gasteiger partial charge in [-0.2, -0.15) is 0 Å². The second-order valence-electron chi connectivity index (χ2n) is 4.06. The molecule has 2 aliphatic rings. The lowest BCUT2D eigenvalue weighted by molar-refractivity contribution is -0.142. The second-order valence-corrected chi connectivity index (χ2v) is 4.06. The molecule has 3 nitrogen and oxygen atoms in total. The normalized spacial score (nSPS) is 33.2. The molecule has 1 aliphatic carbocycles. The minimum Gasteiger partial charge on any atom is -0.381 e. The fourth-order valence-electron chi connectivity index (χ4n) is 2.16. The summed E-state index contributed by atoms with van der Waals surface area (Å²) in [6.45, 7) is 1.96. The van der Waals surface area contributed by atoms with Gasteiger partial charge in [0, 0.05) is 26.1 Å². The zero-order valence-electron chi connectivity index (χ0n) is 8.16. The van der Waals surface area contributed by atoms with Crippen LogP contribution < -0.4 is 0 Å². The molecule has 74 valence electrons. The van der Waals surface area contributed by atoms with Crippen LogP contribution in [0.3, 0.4) is 0 Å². The van der Waals surface area contributed by atoms with Gasteiger partial charge >= 0.3 is 0 Å². The molecule has 3 heteroatoms. The lowest BCUT2D eigenvalue weighted by atomic mass is 9.81. The van der Waals surface area contributed by atoms with Crippen molar-refractivity contribution in [3.8, 4) is 0 Å². The summed E-state index contributed by atoms with van der Waals surface area (Å²) in [6.07, 6.45) is 4.59. The van der Waals surface area contributed by atoms with E-state index >= 15 is 0 Å². The summed E-state index contributed by atoms with van der Waals surface area (Å²) in [5.74, 6) is 0.633. The molecule has 0 aromatic heterocycles. The quantitative estimate of drug-likeness (QED) is 0.640. The lowest BCUT2D eigenvalue weighted by Gasteiger charge is -2.35. The zero-order valence-corrected chi connectivity index (χ0v) is 8.16. The lowest BCUT2D eigenvalue weighted by Crippen LogP contribution is -2.43. The molecule has 0 N–H and O–H groups in total. The highest BCUT2D eigenvalue weighted by Crippen LogP contribution is 2.31. The predicted molar refractivity (Wildman–Crippen MR) is 49.3 cm³/mol. The Balaban J connectivity index is 1.78. The molecule has 1 saturated carbocycles. The van der Waals surface area contributed by atoms with Crippen LogP contribution in [0.5, 0.6) is 0 Å². The van der Waals surface area contributed by atoms with E-state index in [0.29, 0.717) is 12.0 Å². The third kappa shape index (κ3) is 1.70. The van der Waals surface area contributed by atoms with Crippen molar-refractivity contribution in [2.24, 2.45) is 5.92 Å². The highest BCUT2D eigenvalue weighted by Gasteiger charge is 2.37. The first-order valence-corrected chi connectivity index (χ1v) is 5.13. The van der Waals surface area contributed by atoms with Crippen molar-refractivity contribution in [2.45, 2.75) is 31.8 Å². The van der Waals surface area contributed by atoms with E-state index in [2.05, 4.69) is 0 Å². The molecule has 1 amide bonds. The van der Waals surface area contributed by atoms with Crippen LogP contribution in [0, 0.1) is 5.92 Å². The Bertz CT molecular complexity index is 193. The Kier molecular flexibility index (Phi) is 2.54. The summed E-state index contributed by atoms with van der Waals surface area (Å²) in [7, 11) is 1.72. The molecule has 2 rings (SSSR count). The Morgan fingerprint density at radius 3 is 2.46 bits per heavy atom. The number of nitrogens with zero attached hydrogens (tertiary/aromatic N) is 1. The van der Waals surface area contributed by atoms with Crippen LogP contribution in [0.25, 0.3) is 0 Å². The number of hydrogen-bond donors (Lipinski definition) is 0. The topological polar surface area (TPSA) is 29.5 Å². The molecule has 0 atom stereocenters. The van der Waals surface area contributed by atoms with Gasteiger partial charge in [-0.15, -0.1) is 0 Å². The van der Waals surface area contributed by atoms with Gasteiger partial charge in [0.15, 0.2) is 0 Å². The molecular formula is C10H17NO2. The van der Waals surface area contributed by atoms with Gasteiger partial charge in [-0.3, -0.25) is 4.79 Å². The van der Waals surface area contributed by atoms with Crippen molar-refractivity contribution in [3.63, 3.8) is 0 Å². The Morgan fingerprint density at radius 2 is 1.92 bits per heavy atom. The number of rotatable bonds is 2. The van der Waals surface area contributed by atoms with Crippen LogP contribution >= 0.6 is 0 Å². The van der Waals surface area contributed by atoms with Crippen LogP contribution in [-0.4, -0.2) is 37.1 Å². The van der Waals surface area contributed by atoms with Crippen molar-refractivity contribution in [1.82, 2.24) is 4.90 Å². The zero-order chi connectivity index (χ0) is 9.26. The average Bonchev–Trinajstić information content (AvgIpc) is 2.53. The number of carbonyl (C=O) groups excluding carboxylic acids is 1. The molecular weight excluding hydrogens is 166 g/mol. The molecule has 1 heterocycles. The van der Waals surface area contributed by atoms with Crippen molar-refractivity contribution in [2.75, 3.05) is 20.2 Å². The smallest absolute Gasteiger partial charge is 0.225 e. The van der Waals surface area contributed by atoms with Crippen LogP contribution in [0.4, 0.5) is 0 Å². The highest BCUT2D eigenvalue weighted by molar-refractivity contribution is 5.80. The number of methoxy groups -OCH3 is 1. The van der Waals surface area contributed by atoms with Gasteiger partial charge in [0.05, 0.1) is 6.10 Å². The molecule has 1 aliphatic heterocycles. The minimum absolute atomic E-state index is 0.267. The first-order valence-electron chi connectivity index (χ1n) is 5.13. The molecule has 0 spiro atoms. The van der Waals surface area contributed by atoms with Gasteiger partial charge in [0.2, 0.25) is 5.91 Å². The Hall–Kier alpha value is -0.570. The van der Waals surface area contributed by atoms with Crippen LogP contribution in [-0.2, 0) is 9.53 Å². The monoisotopic (exact) mass is 183 g/mol. The molecule has 1 saturated heterocycles. The summed E-state index contributed by atoms with van der Waals surface area (Å²) in [6, 6.07) is 0. The molecule has 0 aromatic rings. The summed E-state index contributed by atoms with van der Waals surface area (Å²) in [5.41, 5.74) is 0. The molecule has 0 radical (unpaired) electrons. The first kappa shape index (κ1) is 9.00. The fourth-order valence-corrected chi connectivity index (χ4v) is 2.16. The van der Waals surface area contributed by atoms with Crippen molar-refractivity contribution in [3.05, 3.63) is 0 Å². The fraction of sp³-hybridized carbons (Fsp3) is 0.900. The minimum atomic E-state index is 0.267. The third-order valence-electron chi connectivity index (χ3n) is 3.20. The molecule has 2 fully saturated rings. The Morgan fingerprint density at radius 1 is 1.31 bits per heavy atom. The van der Waals surface area contributed by atoms with E-state index in [9.17, 15) is 4.79 Å². The van der Waals surface area contributed by atoms with Gasteiger partial charge in [-0.1, -0.05) is 0 Å². The van der Waals surface area contributed by atoms with E-state index in [4.69, 9.17) is 4.74 Å². The largest absolute Gasteiger partial charge is 0.381 e. The van der Waals surface area contributed by atoms with Crippen molar-refractivity contribution >= 4 is 5.91 Å². The Labute approximate surface area is 79.0 Å². The summed E-state index contributed by atoms with van der Waals surface area (Å²) in [5, 5.41) is 0. The molecule has 0 unspecified atom stereocenters. The summed E-state index contributed by atoms with van der Waals surface area (Å²) in [4.78, 5) is 13.8. The number of amides is 1. The summed E-state index contributed by atoms with van der Waals surface area (Å²) >= 11 is 0. The van der Waals surface area contributed by atoms with Gasteiger partial charge in [-0.25, -0.2) is 0 Å². The SMILES string of the molecule is COC1CC(C(=O)N2CCCC2)C1. The maximum Gasteiger partial charge on any atom is 0.225 e. The number of carbonyl (C=O) groups is 1. The standard InChI is InChI=1S/C10H17NO2/c1-13-9-6-8(7-9)10(12)11-4-2-3-5-11/h8-9H,2-7H2,1H3. The van der Waals surface area contributed by atoms with Crippen molar-refractivity contribution < 1.29 is 9.53 Å².